The lowest BCUT2D eigenvalue weighted by molar-refractivity contribution is -0.385. The summed E-state index contributed by atoms with van der Waals surface area (Å²) in [6.45, 7) is 0.576. The van der Waals surface area contributed by atoms with E-state index in [-0.39, 0.29) is 18.1 Å². The Morgan fingerprint density at radius 1 is 1.30 bits per heavy atom. The molecule has 0 unspecified atom stereocenters. The molecular formula is C16H13N7O3S. The first-order valence-corrected chi connectivity index (χ1v) is 8.83. The van der Waals surface area contributed by atoms with Crippen LogP contribution in [-0.4, -0.2) is 41.8 Å². The zero-order chi connectivity index (χ0) is 18.8. The van der Waals surface area contributed by atoms with Crippen molar-refractivity contribution in [3.8, 4) is 10.6 Å². The lowest BCUT2D eigenvalue weighted by atomic mass is 10.3. The van der Waals surface area contributed by atoms with E-state index in [2.05, 4.69) is 20.5 Å². The van der Waals surface area contributed by atoms with Crippen LogP contribution in [0.2, 0.25) is 0 Å². The van der Waals surface area contributed by atoms with E-state index in [1.165, 1.54) is 23.3 Å². The molecule has 0 aromatic carbocycles. The molecule has 10 nitrogen and oxygen atoms in total. The van der Waals surface area contributed by atoms with Crippen molar-refractivity contribution in [2.75, 3.05) is 6.54 Å². The van der Waals surface area contributed by atoms with Gasteiger partial charge in [-0.2, -0.15) is 10.2 Å². The topological polar surface area (TPSA) is 120 Å². The summed E-state index contributed by atoms with van der Waals surface area (Å²) >= 11 is 1.58. The highest BCUT2D eigenvalue weighted by Gasteiger charge is 2.16. The predicted molar refractivity (Wildman–Crippen MR) is 97.5 cm³/mol. The molecule has 0 spiro atoms. The molecular weight excluding hydrogens is 370 g/mol. The molecule has 1 N–H and O–H groups in total. The van der Waals surface area contributed by atoms with E-state index in [1.807, 2.05) is 23.6 Å². The lowest BCUT2D eigenvalue weighted by Crippen LogP contribution is -2.27. The summed E-state index contributed by atoms with van der Waals surface area (Å²) in [5.41, 5.74) is 1.60. The molecule has 4 aromatic heterocycles. The summed E-state index contributed by atoms with van der Waals surface area (Å²) in [4.78, 5) is 27.9. The fraction of sp³-hybridized carbons (Fsp3) is 0.125. The summed E-state index contributed by atoms with van der Waals surface area (Å²) in [5, 5.41) is 23.6. The normalized spacial score (nSPS) is 11.0. The Morgan fingerprint density at radius 3 is 2.93 bits per heavy atom. The smallest absolute Gasteiger partial charge is 0.306 e. The Labute approximate surface area is 156 Å². The van der Waals surface area contributed by atoms with Gasteiger partial charge in [-0.15, -0.1) is 11.3 Å². The first-order chi connectivity index (χ1) is 13.1. The van der Waals surface area contributed by atoms with Gasteiger partial charge in [0.2, 0.25) is 0 Å². The van der Waals surface area contributed by atoms with Crippen LogP contribution in [0, 0.1) is 10.1 Å². The van der Waals surface area contributed by atoms with E-state index in [0.717, 1.165) is 10.6 Å². The fourth-order valence-electron chi connectivity index (χ4n) is 2.61. The number of carbonyl (C=O) groups is 1. The SMILES string of the molecule is O=C(NCCn1cc([N+](=O)[O-])cn1)c1cnn2c(-c3cccs3)ccnc12. The molecule has 0 aliphatic heterocycles. The molecule has 1 amide bonds. The maximum Gasteiger partial charge on any atom is 0.306 e. The van der Waals surface area contributed by atoms with E-state index < -0.39 is 4.92 Å². The summed E-state index contributed by atoms with van der Waals surface area (Å²) in [5.74, 6) is -0.317. The largest absolute Gasteiger partial charge is 0.350 e. The predicted octanol–water partition coefficient (Wildman–Crippen LogP) is 1.99. The van der Waals surface area contributed by atoms with Gasteiger partial charge in [0.1, 0.15) is 18.0 Å². The number of thiophene rings is 1. The summed E-state index contributed by atoms with van der Waals surface area (Å²) in [6, 6.07) is 5.77. The highest BCUT2D eigenvalue weighted by atomic mass is 32.1. The van der Waals surface area contributed by atoms with Crippen LogP contribution < -0.4 is 5.32 Å². The monoisotopic (exact) mass is 383 g/mol. The molecule has 4 rings (SSSR count). The number of amides is 1. The Bertz CT molecular complexity index is 1120. The van der Waals surface area contributed by atoms with Crippen molar-refractivity contribution < 1.29 is 9.72 Å². The van der Waals surface area contributed by atoms with E-state index in [9.17, 15) is 14.9 Å². The second-order valence-corrected chi connectivity index (χ2v) is 6.52. The van der Waals surface area contributed by atoms with Crippen LogP contribution in [0.15, 0.2) is 48.4 Å². The zero-order valence-corrected chi connectivity index (χ0v) is 14.7. The Kier molecular flexibility index (Phi) is 4.34. The lowest BCUT2D eigenvalue weighted by Gasteiger charge is -2.05. The molecule has 0 aliphatic rings. The van der Waals surface area contributed by atoms with Crippen molar-refractivity contribution in [3.63, 3.8) is 0 Å². The fourth-order valence-corrected chi connectivity index (χ4v) is 3.35. The molecule has 0 bridgehead atoms. The minimum atomic E-state index is -0.516. The quantitative estimate of drug-likeness (QED) is 0.402. The highest BCUT2D eigenvalue weighted by Crippen LogP contribution is 2.25. The van der Waals surface area contributed by atoms with Crippen molar-refractivity contribution in [1.29, 1.82) is 0 Å². The molecule has 4 aromatic rings. The first kappa shape index (κ1) is 16.8. The second kappa shape index (κ2) is 6.96. The van der Waals surface area contributed by atoms with Gasteiger partial charge >= 0.3 is 5.69 Å². The minimum Gasteiger partial charge on any atom is -0.350 e. The van der Waals surface area contributed by atoms with Crippen molar-refractivity contribution in [2.45, 2.75) is 6.54 Å². The van der Waals surface area contributed by atoms with Crippen molar-refractivity contribution in [3.05, 3.63) is 64.0 Å². The standard InChI is InChI=1S/C16H13N7O3S/c24-16(18-5-6-21-10-11(8-19-21)23(25)26)12-9-20-22-13(3-4-17-15(12)22)14-2-1-7-27-14/h1-4,7-10H,5-6H2,(H,18,24). The van der Waals surface area contributed by atoms with Gasteiger partial charge in [0.15, 0.2) is 5.65 Å². The molecule has 0 saturated carbocycles. The number of nitrogens with zero attached hydrogens (tertiary/aromatic N) is 6. The average Bonchev–Trinajstić information content (AvgIpc) is 3.41. The number of nitro groups is 1. The molecule has 0 aliphatic carbocycles. The average molecular weight is 383 g/mol. The third kappa shape index (κ3) is 3.27. The van der Waals surface area contributed by atoms with Gasteiger partial charge < -0.3 is 5.32 Å². The number of hydrogen-bond donors (Lipinski definition) is 1. The number of aromatic nitrogens is 5. The maximum absolute atomic E-state index is 12.5. The number of nitrogens with one attached hydrogen (secondary N) is 1. The maximum atomic E-state index is 12.5. The molecule has 0 saturated heterocycles. The van der Waals surface area contributed by atoms with Gasteiger partial charge in [-0.05, 0) is 17.5 Å². The molecule has 0 atom stereocenters. The van der Waals surface area contributed by atoms with Crippen LogP contribution in [-0.2, 0) is 6.54 Å². The summed E-state index contributed by atoms with van der Waals surface area (Å²) in [6.07, 6.45) is 5.61. The van der Waals surface area contributed by atoms with E-state index in [4.69, 9.17) is 0 Å². The van der Waals surface area contributed by atoms with Crippen LogP contribution in [0.4, 0.5) is 5.69 Å². The summed E-state index contributed by atoms with van der Waals surface area (Å²) < 4.78 is 3.04. The van der Waals surface area contributed by atoms with Gasteiger partial charge in [0.25, 0.3) is 5.91 Å². The molecule has 0 radical (unpaired) electrons. The number of rotatable bonds is 6. The van der Waals surface area contributed by atoms with Gasteiger partial charge in [-0.3, -0.25) is 19.6 Å². The highest BCUT2D eigenvalue weighted by molar-refractivity contribution is 7.13. The molecule has 11 heteroatoms. The first-order valence-electron chi connectivity index (χ1n) is 7.95. The number of hydrogen-bond acceptors (Lipinski definition) is 7. The Balaban J connectivity index is 1.48. The third-order valence-corrected chi connectivity index (χ3v) is 4.77. The Morgan fingerprint density at radius 2 is 2.19 bits per heavy atom. The van der Waals surface area contributed by atoms with Crippen LogP contribution in [0.1, 0.15) is 10.4 Å². The van der Waals surface area contributed by atoms with Crippen molar-refractivity contribution >= 4 is 28.6 Å². The van der Waals surface area contributed by atoms with Gasteiger partial charge in [-0.1, -0.05) is 6.07 Å². The van der Waals surface area contributed by atoms with E-state index >= 15 is 0 Å². The van der Waals surface area contributed by atoms with Crippen LogP contribution >= 0.6 is 11.3 Å². The van der Waals surface area contributed by atoms with Crippen molar-refractivity contribution in [2.24, 2.45) is 0 Å². The number of carbonyl (C=O) groups excluding carboxylic acids is 1. The molecule has 4 heterocycles. The van der Waals surface area contributed by atoms with Gasteiger partial charge in [-0.25, -0.2) is 9.50 Å². The van der Waals surface area contributed by atoms with Crippen LogP contribution in [0.5, 0.6) is 0 Å². The molecule has 136 valence electrons. The van der Waals surface area contributed by atoms with Gasteiger partial charge in [0.05, 0.1) is 28.2 Å². The third-order valence-electron chi connectivity index (χ3n) is 3.88. The molecule has 27 heavy (non-hydrogen) atoms. The Hall–Kier alpha value is -3.60. The second-order valence-electron chi connectivity index (χ2n) is 5.58. The van der Waals surface area contributed by atoms with E-state index in [1.54, 1.807) is 22.0 Å². The number of fused-ring (bicyclic) bond motifs is 1. The zero-order valence-electron chi connectivity index (χ0n) is 13.8. The van der Waals surface area contributed by atoms with E-state index in [0.29, 0.717) is 17.8 Å². The van der Waals surface area contributed by atoms with Gasteiger partial charge in [0, 0.05) is 12.7 Å². The molecule has 0 fully saturated rings. The van der Waals surface area contributed by atoms with Crippen LogP contribution in [0.25, 0.3) is 16.2 Å². The van der Waals surface area contributed by atoms with Crippen LogP contribution in [0.3, 0.4) is 0 Å². The summed E-state index contributed by atoms with van der Waals surface area (Å²) in [7, 11) is 0. The van der Waals surface area contributed by atoms with Crippen molar-refractivity contribution in [1.82, 2.24) is 29.7 Å². The minimum absolute atomic E-state index is 0.0886.